The van der Waals surface area contributed by atoms with Crippen LogP contribution in [0.25, 0.3) is 10.8 Å². The van der Waals surface area contributed by atoms with Gasteiger partial charge in [-0.1, -0.05) is 48.0 Å². The average molecular weight is 334 g/mol. The molecular weight excluding hydrogens is 316 g/mol. The molecule has 0 spiro atoms. The van der Waals surface area contributed by atoms with Crippen LogP contribution in [-0.2, 0) is 7.05 Å². The molecule has 6 nitrogen and oxygen atoms in total. The number of hydrazone groups is 1. The van der Waals surface area contributed by atoms with Gasteiger partial charge in [0.15, 0.2) is 5.69 Å². The normalized spacial score (nSPS) is 11.6. The van der Waals surface area contributed by atoms with E-state index < -0.39 is 5.91 Å². The highest BCUT2D eigenvalue weighted by Gasteiger charge is 2.15. The van der Waals surface area contributed by atoms with Crippen molar-refractivity contribution in [3.05, 3.63) is 75.7 Å². The summed E-state index contributed by atoms with van der Waals surface area (Å²) in [6.45, 7) is 3.83. The molecule has 3 rings (SSSR count). The first kappa shape index (κ1) is 16.6. The molecule has 0 radical (unpaired) electrons. The number of hydrogen-bond acceptors (Lipinski definition) is 4. The molecule has 0 saturated carbocycles. The molecule has 0 unspecified atom stereocenters. The molecule has 1 aromatic heterocycles. The summed E-state index contributed by atoms with van der Waals surface area (Å²) in [5.41, 5.74) is 5.20. The van der Waals surface area contributed by atoms with Crippen molar-refractivity contribution in [2.45, 2.75) is 13.8 Å². The predicted molar refractivity (Wildman–Crippen MR) is 97.8 cm³/mol. The lowest BCUT2D eigenvalue weighted by Crippen LogP contribution is -2.27. The van der Waals surface area contributed by atoms with E-state index in [2.05, 4.69) is 15.6 Å². The second kappa shape index (κ2) is 6.68. The highest BCUT2D eigenvalue weighted by atomic mass is 16.2. The largest absolute Gasteiger partial charge is 0.292 e. The molecule has 6 heteroatoms. The quantitative estimate of drug-likeness (QED) is 0.590. The molecule has 1 amide bonds. The van der Waals surface area contributed by atoms with E-state index in [-0.39, 0.29) is 11.3 Å². The molecule has 2 aromatic carbocycles. The van der Waals surface area contributed by atoms with Crippen molar-refractivity contribution in [2.75, 3.05) is 0 Å². The Balaban J connectivity index is 1.93. The van der Waals surface area contributed by atoms with Crippen LogP contribution in [0.2, 0.25) is 0 Å². The van der Waals surface area contributed by atoms with Crippen LogP contribution >= 0.6 is 0 Å². The maximum absolute atomic E-state index is 12.5. The lowest BCUT2D eigenvalue weighted by atomic mass is 10.1. The van der Waals surface area contributed by atoms with Crippen LogP contribution in [0.3, 0.4) is 0 Å². The first-order valence-electron chi connectivity index (χ1n) is 7.85. The van der Waals surface area contributed by atoms with Crippen molar-refractivity contribution in [2.24, 2.45) is 12.1 Å². The first-order valence-corrected chi connectivity index (χ1v) is 7.85. The Bertz CT molecular complexity index is 1030. The van der Waals surface area contributed by atoms with Gasteiger partial charge in [0.25, 0.3) is 11.5 Å². The van der Waals surface area contributed by atoms with E-state index in [4.69, 9.17) is 0 Å². The third kappa shape index (κ3) is 3.33. The lowest BCUT2D eigenvalue weighted by Gasteiger charge is -2.07. The molecule has 0 aliphatic carbocycles. The van der Waals surface area contributed by atoms with Crippen molar-refractivity contribution in [3.63, 3.8) is 0 Å². The molecule has 0 aliphatic rings. The van der Waals surface area contributed by atoms with Gasteiger partial charge in [0, 0.05) is 12.4 Å². The summed E-state index contributed by atoms with van der Waals surface area (Å²) >= 11 is 0. The Kier molecular flexibility index (Phi) is 4.43. The van der Waals surface area contributed by atoms with E-state index in [1.165, 1.54) is 7.05 Å². The standard InChI is InChI=1S/C19H18N4O2/c1-12-8-10-14(11-9-12)13(2)20-21-18(24)17-15-6-4-5-7-16(15)19(25)23(3)22-17/h4-11H,1-3H3,(H,21,24)/b20-13+. The zero-order valence-corrected chi connectivity index (χ0v) is 14.3. The Labute approximate surface area is 144 Å². The zero-order valence-electron chi connectivity index (χ0n) is 14.3. The minimum atomic E-state index is -0.460. The number of carbonyl (C=O) groups is 1. The van der Waals surface area contributed by atoms with Gasteiger partial charge in [-0.25, -0.2) is 10.1 Å². The number of aromatic nitrogens is 2. The molecule has 0 saturated heterocycles. The van der Waals surface area contributed by atoms with Gasteiger partial charge >= 0.3 is 0 Å². The Morgan fingerprint density at radius 2 is 1.72 bits per heavy atom. The van der Waals surface area contributed by atoms with E-state index in [9.17, 15) is 9.59 Å². The monoisotopic (exact) mass is 334 g/mol. The highest BCUT2D eigenvalue weighted by molar-refractivity contribution is 6.06. The summed E-state index contributed by atoms with van der Waals surface area (Å²) < 4.78 is 1.16. The zero-order chi connectivity index (χ0) is 18.0. The Hall–Kier alpha value is -3.28. The maximum Gasteiger partial charge on any atom is 0.292 e. The van der Waals surface area contributed by atoms with E-state index in [0.29, 0.717) is 16.5 Å². The van der Waals surface area contributed by atoms with Crippen LogP contribution in [0.5, 0.6) is 0 Å². The number of nitrogens with zero attached hydrogens (tertiary/aromatic N) is 3. The number of amides is 1. The van der Waals surface area contributed by atoms with Crippen LogP contribution in [0.4, 0.5) is 0 Å². The van der Waals surface area contributed by atoms with Crippen molar-refractivity contribution in [3.8, 4) is 0 Å². The summed E-state index contributed by atoms with van der Waals surface area (Å²) in [6, 6.07) is 14.8. The number of aryl methyl sites for hydroxylation is 2. The average Bonchev–Trinajstić information content (AvgIpc) is 2.63. The smallest absolute Gasteiger partial charge is 0.267 e. The minimum absolute atomic E-state index is 0.165. The van der Waals surface area contributed by atoms with Crippen molar-refractivity contribution in [1.82, 2.24) is 15.2 Å². The van der Waals surface area contributed by atoms with Crippen LogP contribution in [0, 0.1) is 6.92 Å². The fraction of sp³-hybridized carbons (Fsp3) is 0.158. The number of rotatable bonds is 3. The van der Waals surface area contributed by atoms with E-state index >= 15 is 0 Å². The SMILES string of the molecule is C/C(=N\NC(=O)c1nn(C)c(=O)c2ccccc12)c1ccc(C)cc1. The molecular formula is C19H18N4O2. The van der Waals surface area contributed by atoms with Crippen LogP contribution in [-0.4, -0.2) is 21.4 Å². The van der Waals surface area contributed by atoms with Gasteiger partial charge in [0.1, 0.15) is 0 Å². The second-order valence-corrected chi connectivity index (χ2v) is 5.83. The molecule has 0 aliphatic heterocycles. The summed E-state index contributed by atoms with van der Waals surface area (Å²) in [6.07, 6.45) is 0. The number of nitrogens with one attached hydrogen (secondary N) is 1. The third-order valence-corrected chi connectivity index (χ3v) is 3.97. The number of benzene rings is 2. The third-order valence-electron chi connectivity index (χ3n) is 3.97. The summed E-state index contributed by atoms with van der Waals surface area (Å²) in [5.74, 6) is -0.460. The topological polar surface area (TPSA) is 76.3 Å². The van der Waals surface area contributed by atoms with E-state index in [1.807, 2.05) is 38.1 Å². The number of hydrogen-bond donors (Lipinski definition) is 1. The molecule has 0 atom stereocenters. The molecule has 0 fully saturated rings. The Morgan fingerprint density at radius 1 is 1.08 bits per heavy atom. The van der Waals surface area contributed by atoms with Crippen molar-refractivity contribution in [1.29, 1.82) is 0 Å². The number of carbonyl (C=O) groups excluding carboxylic acids is 1. The predicted octanol–water partition coefficient (Wildman–Crippen LogP) is 2.40. The molecule has 0 bridgehead atoms. The van der Waals surface area contributed by atoms with Gasteiger partial charge in [-0.3, -0.25) is 9.59 Å². The fourth-order valence-electron chi connectivity index (χ4n) is 2.51. The van der Waals surface area contributed by atoms with Gasteiger partial charge in [0.2, 0.25) is 0 Å². The maximum atomic E-state index is 12.5. The van der Waals surface area contributed by atoms with E-state index in [1.54, 1.807) is 24.3 Å². The molecule has 25 heavy (non-hydrogen) atoms. The molecule has 1 N–H and O–H groups in total. The molecule has 1 heterocycles. The van der Waals surface area contributed by atoms with E-state index in [0.717, 1.165) is 15.8 Å². The summed E-state index contributed by atoms with van der Waals surface area (Å²) in [7, 11) is 1.52. The van der Waals surface area contributed by atoms with Crippen LogP contribution < -0.4 is 11.0 Å². The van der Waals surface area contributed by atoms with Gasteiger partial charge in [-0.2, -0.15) is 10.2 Å². The van der Waals surface area contributed by atoms with Crippen LogP contribution in [0.15, 0.2) is 58.4 Å². The first-order chi connectivity index (χ1) is 12.0. The lowest BCUT2D eigenvalue weighted by molar-refractivity contribution is 0.0949. The van der Waals surface area contributed by atoms with Gasteiger partial charge in [-0.15, -0.1) is 0 Å². The summed E-state index contributed by atoms with van der Waals surface area (Å²) in [5, 5.41) is 9.19. The molecule has 126 valence electrons. The van der Waals surface area contributed by atoms with Gasteiger partial charge < -0.3 is 0 Å². The van der Waals surface area contributed by atoms with Gasteiger partial charge in [0.05, 0.1) is 11.1 Å². The van der Waals surface area contributed by atoms with Crippen molar-refractivity contribution < 1.29 is 4.79 Å². The Morgan fingerprint density at radius 3 is 2.40 bits per heavy atom. The van der Waals surface area contributed by atoms with Crippen LogP contribution in [0.1, 0.15) is 28.5 Å². The second-order valence-electron chi connectivity index (χ2n) is 5.83. The number of fused-ring (bicyclic) bond motifs is 1. The van der Waals surface area contributed by atoms with Gasteiger partial charge in [-0.05, 0) is 25.5 Å². The van der Waals surface area contributed by atoms with Crippen molar-refractivity contribution >= 4 is 22.4 Å². The highest BCUT2D eigenvalue weighted by Crippen LogP contribution is 2.13. The minimum Gasteiger partial charge on any atom is -0.267 e. The molecule has 3 aromatic rings. The fourth-order valence-corrected chi connectivity index (χ4v) is 2.51. The summed E-state index contributed by atoms with van der Waals surface area (Å²) in [4.78, 5) is 24.6.